The van der Waals surface area contributed by atoms with Crippen LogP contribution in [-0.4, -0.2) is 35.4 Å². The first-order valence-corrected chi connectivity index (χ1v) is 6.73. The lowest BCUT2D eigenvalue weighted by molar-refractivity contribution is -0.137. The number of aliphatic hydroxyl groups excluding tert-OH is 1. The lowest BCUT2D eigenvalue weighted by Crippen LogP contribution is -2.12. The van der Waals surface area contributed by atoms with Crippen molar-refractivity contribution in [3.63, 3.8) is 0 Å². The number of rotatable bonds is 5. The Hall–Kier alpha value is -2.10. The van der Waals surface area contributed by atoms with Crippen molar-refractivity contribution in [3.05, 3.63) is 33.3 Å². The van der Waals surface area contributed by atoms with E-state index in [2.05, 4.69) is 15.9 Å². The van der Waals surface area contributed by atoms with Crippen LogP contribution in [0.1, 0.15) is 12.5 Å². The standard InChI is InChI=1S/C14H11Cl2FN2O3/c1-3-5-18-7-9(14(21)22-4-2)11(20)8-6-10(17)13(16)19-12(8)15/h1,6-7,20H,4-5H2,2H3/b11-9-,18-7?. The zero-order valence-corrected chi connectivity index (χ0v) is 13.0. The van der Waals surface area contributed by atoms with E-state index in [-0.39, 0.29) is 29.4 Å². The van der Waals surface area contributed by atoms with Crippen molar-refractivity contribution in [2.75, 3.05) is 13.2 Å². The number of terminal acetylenes is 1. The van der Waals surface area contributed by atoms with Gasteiger partial charge in [0.05, 0.1) is 18.7 Å². The van der Waals surface area contributed by atoms with Crippen LogP contribution in [0.15, 0.2) is 16.6 Å². The Balaban J connectivity index is 3.41. The molecule has 0 spiro atoms. The molecule has 0 unspecified atom stereocenters. The summed E-state index contributed by atoms with van der Waals surface area (Å²) in [5.74, 6) is -0.190. The number of hydrogen-bond donors (Lipinski definition) is 1. The van der Waals surface area contributed by atoms with Crippen LogP contribution in [-0.2, 0) is 9.53 Å². The fourth-order valence-corrected chi connectivity index (χ4v) is 1.78. The Morgan fingerprint density at radius 2 is 2.27 bits per heavy atom. The van der Waals surface area contributed by atoms with E-state index < -0.39 is 22.7 Å². The molecule has 1 heterocycles. The lowest BCUT2D eigenvalue weighted by atomic mass is 10.1. The molecule has 1 aromatic rings. The summed E-state index contributed by atoms with van der Waals surface area (Å²) in [4.78, 5) is 19.1. The zero-order chi connectivity index (χ0) is 16.7. The molecule has 0 amide bonds. The molecule has 1 N–H and O–H groups in total. The van der Waals surface area contributed by atoms with Crippen molar-refractivity contribution in [2.45, 2.75) is 6.92 Å². The third-order valence-corrected chi connectivity index (χ3v) is 2.85. The zero-order valence-electron chi connectivity index (χ0n) is 11.4. The van der Waals surface area contributed by atoms with Gasteiger partial charge < -0.3 is 9.84 Å². The summed E-state index contributed by atoms with van der Waals surface area (Å²) in [5, 5.41) is 9.43. The van der Waals surface area contributed by atoms with Gasteiger partial charge in [-0.1, -0.05) is 29.1 Å². The molecule has 0 radical (unpaired) electrons. The number of pyridine rings is 1. The smallest absolute Gasteiger partial charge is 0.343 e. The van der Waals surface area contributed by atoms with Crippen LogP contribution in [0, 0.1) is 18.2 Å². The largest absolute Gasteiger partial charge is 0.506 e. The first kappa shape index (κ1) is 18.0. The lowest BCUT2D eigenvalue weighted by Gasteiger charge is -2.08. The minimum Gasteiger partial charge on any atom is -0.506 e. The molecule has 116 valence electrons. The van der Waals surface area contributed by atoms with Gasteiger partial charge in [0.2, 0.25) is 0 Å². The Morgan fingerprint density at radius 3 is 2.86 bits per heavy atom. The van der Waals surface area contributed by atoms with Gasteiger partial charge in [0.1, 0.15) is 16.5 Å². The van der Waals surface area contributed by atoms with E-state index in [9.17, 15) is 14.3 Å². The summed E-state index contributed by atoms with van der Waals surface area (Å²) >= 11 is 11.3. The number of esters is 1. The van der Waals surface area contributed by atoms with Gasteiger partial charge in [-0.25, -0.2) is 14.2 Å². The molecule has 0 aliphatic rings. The predicted molar refractivity (Wildman–Crippen MR) is 82.6 cm³/mol. The topological polar surface area (TPSA) is 71.8 Å². The van der Waals surface area contributed by atoms with E-state index in [0.717, 1.165) is 12.3 Å². The Labute approximate surface area is 136 Å². The number of hydrogen-bond acceptors (Lipinski definition) is 5. The average Bonchev–Trinajstić information content (AvgIpc) is 2.47. The van der Waals surface area contributed by atoms with Gasteiger partial charge in [0.25, 0.3) is 0 Å². The van der Waals surface area contributed by atoms with E-state index in [1.165, 1.54) is 0 Å². The second kappa shape index (κ2) is 8.37. The highest BCUT2D eigenvalue weighted by atomic mass is 35.5. The Morgan fingerprint density at radius 1 is 1.59 bits per heavy atom. The Kier molecular flexibility index (Phi) is 6.83. The van der Waals surface area contributed by atoms with Crippen molar-refractivity contribution in [2.24, 2.45) is 4.99 Å². The number of ether oxygens (including phenoxy) is 1. The maximum Gasteiger partial charge on any atom is 0.343 e. The first-order chi connectivity index (χ1) is 10.4. The summed E-state index contributed by atoms with van der Waals surface area (Å²) in [6.07, 6.45) is 6.07. The number of aromatic nitrogens is 1. The van der Waals surface area contributed by atoms with Gasteiger partial charge in [-0.3, -0.25) is 4.99 Å². The molecule has 0 bridgehead atoms. The van der Waals surface area contributed by atoms with Crippen molar-refractivity contribution in [1.82, 2.24) is 4.98 Å². The van der Waals surface area contributed by atoms with E-state index >= 15 is 0 Å². The van der Waals surface area contributed by atoms with Crippen LogP contribution in [0.3, 0.4) is 0 Å². The minimum absolute atomic E-state index is 0.0167. The van der Waals surface area contributed by atoms with E-state index in [4.69, 9.17) is 34.4 Å². The van der Waals surface area contributed by atoms with Gasteiger partial charge in [0, 0.05) is 6.21 Å². The summed E-state index contributed by atoms with van der Waals surface area (Å²) in [6.45, 7) is 1.64. The third kappa shape index (κ3) is 4.45. The van der Waals surface area contributed by atoms with Gasteiger partial charge in [-0.05, 0) is 13.0 Å². The molecular weight excluding hydrogens is 334 g/mol. The number of carbonyl (C=O) groups excluding carboxylic acids is 1. The molecule has 5 nitrogen and oxygen atoms in total. The fourth-order valence-electron chi connectivity index (χ4n) is 1.37. The monoisotopic (exact) mass is 344 g/mol. The predicted octanol–water partition coefficient (Wildman–Crippen LogP) is 3.06. The summed E-state index contributed by atoms with van der Waals surface area (Å²) < 4.78 is 18.3. The molecule has 0 aliphatic carbocycles. The molecule has 0 saturated carbocycles. The molecule has 0 aromatic carbocycles. The SMILES string of the molecule is C#CCN=C/C(C(=O)OCC)=C(/O)c1cc(F)c(Cl)nc1Cl. The van der Waals surface area contributed by atoms with Crippen molar-refractivity contribution in [3.8, 4) is 12.3 Å². The van der Waals surface area contributed by atoms with Gasteiger partial charge >= 0.3 is 5.97 Å². The molecule has 1 aromatic heterocycles. The van der Waals surface area contributed by atoms with Crippen LogP contribution >= 0.6 is 23.2 Å². The molecular formula is C14H11Cl2FN2O3. The maximum atomic E-state index is 13.5. The molecule has 22 heavy (non-hydrogen) atoms. The highest BCUT2D eigenvalue weighted by molar-refractivity contribution is 6.34. The second-order valence-corrected chi connectivity index (χ2v) is 4.47. The number of aliphatic imine (C=N–C) groups is 1. The van der Waals surface area contributed by atoms with Crippen LogP contribution < -0.4 is 0 Å². The van der Waals surface area contributed by atoms with Crippen LogP contribution in [0.2, 0.25) is 10.3 Å². The number of carbonyl (C=O) groups is 1. The molecule has 0 aliphatic heterocycles. The van der Waals surface area contributed by atoms with Crippen molar-refractivity contribution >= 4 is 41.1 Å². The molecule has 0 fully saturated rings. The van der Waals surface area contributed by atoms with E-state index in [0.29, 0.717) is 0 Å². The molecule has 8 heteroatoms. The highest BCUT2D eigenvalue weighted by Gasteiger charge is 2.20. The van der Waals surface area contributed by atoms with E-state index in [1.54, 1.807) is 6.92 Å². The average molecular weight is 345 g/mol. The van der Waals surface area contributed by atoms with Gasteiger partial charge in [-0.2, -0.15) is 0 Å². The summed E-state index contributed by atoms with van der Waals surface area (Å²) in [5.41, 5.74) is -0.554. The van der Waals surface area contributed by atoms with Gasteiger partial charge in [-0.15, -0.1) is 6.42 Å². The number of nitrogens with zero attached hydrogens (tertiary/aromatic N) is 2. The summed E-state index contributed by atoms with van der Waals surface area (Å²) in [6, 6.07) is 0.848. The fraction of sp³-hybridized carbons (Fsp3) is 0.214. The van der Waals surface area contributed by atoms with Gasteiger partial charge in [0.15, 0.2) is 11.0 Å². The first-order valence-electron chi connectivity index (χ1n) is 5.97. The quantitative estimate of drug-likeness (QED) is 0.222. The Bertz CT molecular complexity index is 681. The second-order valence-electron chi connectivity index (χ2n) is 3.76. The summed E-state index contributed by atoms with van der Waals surface area (Å²) in [7, 11) is 0. The normalized spacial score (nSPS) is 12.0. The van der Waals surface area contributed by atoms with Crippen LogP contribution in [0.25, 0.3) is 5.76 Å². The van der Waals surface area contributed by atoms with Crippen LogP contribution in [0.5, 0.6) is 0 Å². The molecule has 0 saturated heterocycles. The van der Waals surface area contributed by atoms with Crippen molar-refractivity contribution in [1.29, 1.82) is 0 Å². The highest BCUT2D eigenvalue weighted by Crippen LogP contribution is 2.27. The molecule has 0 atom stereocenters. The third-order valence-electron chi connectivity index (χ3n) is 2.30. The van der Waals surface area contributed by atoms with E-state index in [1.807, 2.05) is 0 Å². The minimum atomic E-state index is -0.906. The van der Waals surface area contributed by atoms with Crippen LogP contribution in [0.4, 0.5) is 4.39 Å². The number of aliphatic hydroxyl groups is 1. The number of halogens is 3. The molecule has 1 rings (SSSR count). The van der Waals surface area contributed by atoms with Crippen molar-refractivity contribution < 1.29 is 19.0 Å². The maximum absolute atomic E-state index is 13.5.